The van der Waals surface area contributed by atoms with Gasteiger partial charge in [0, 0.05) is 122 Å². The van der Waals surface area contributed by atoms with Crippen molar-refractivity contribution in [3.8, 4) is 30.3 Å². The largest absolute Gasteiger partial charge is 0.461 e. The molecule has 0 saturated carbocycles. The van der Waals surface area contributed by atoms with Gasteiger partial charge in [-0.05, 0) is 247 Å². The van der Waals surface area contributed by atoms with Crippen LogP contribution in [0.2, 0.25) is 0 Å². The van der Waals surface area contributed by atoms with E-state index in [9.17, 15) is 50.3 Å². The third-order valence-corrected chi connectivity index (χ3v) is 19.2. The van der Waals surface area contributed by atoms with Crippen molar-refractivity contribution in [3.05, 3.63) is 114 Å². The first kappa shape index (κ1) is 107. The highest BCUT2D eigenvalue weighted by Crippen LogP contribution is 2.33. The smallest absolute Gasteiger partial charge is 0.349 e. The predicted octanol–water partition coefficient (Wildman–Crippen LogP) is 18.4. The highest BCUT2D eigenvalue weighted by molar-refractivity contribution is 5.96. The minimum Gasteiger partial charge on any atom is -0.461 e. The fraction of sp³-hybridized carbons (Fsp3) is 0.677. The van der Waals surface area contributed by atoms with Gasteiger partial charge in [0.15, 0.2) is 0 Å². The second-order valence-corrected chi connectivity index (χ2v) is 29.2. The maximum atomic E-state index is 12.2. The molecule has 5 rings (SSSR count). The molecule has 0 N–H and O–H groups in total. The van der Waals surface area contributed by atoms with Gasteiger partial charge < -0.3 is 66.3 Å². The van der Waals surface area contributed by atoms with Gasteiger partial charge in [0.05, 0.1) is 33.0 Å². The number of hydrogen-bond donors (Lipinski definition) is 0. The lowest BCUT2D eigenvalue weighted by Crippen LogP contribution is -2.14. The molecule has 0 saturated heterocycles. The topological polar surface area (TPSA) is 334 Å². The quantitative estimate of drug-likeness (QED) is 0.0179. The number of esters is 5. The van der Waals surface area contributed by atoms with E-state index in [0.29, 0.717) is 65.7 Å². The van der Waals surface area contributed by atoms with Gasteiger partial charge in [-0.3, -0.25) is 0 Å². The number of hydrogen-bond acceptors (Lipinski definition) is 24. The van der Waals surface area contributed by atoms with Gasteiger partial charge in [-0.1, -0.05) is 85.4 Å². The van der Waals surface area contributed by atoms with Crippen LogP contribution in [-0.4, -0.2) is 185 Å². The number of carbonyl (C=O) groups is 5. The van der Waals surface area contributed by atoms with Crippen LogP contribution in [-0.2, 0) is 90.3 Å². The molecule has 117 heavy (non-hydrogen) atoms. The van der Waals surface area contributed by atoms with E-state index in [1.54, 1.807) is 42.7 Å². The highest BCUT2D eigenvalue weighted by atomic mass is 16.6. The van der Waals surface area contributed by atoms with Crippen molar-refractivity contribution in [1.29, 1.82) is 26.3 Å². The molecule has 0 radical (unpaired) electrons. The number of nitrogens with zero attached hydrogens (tertiary/aromatic N) is 5. The third-order valence-electron chi connectivity index (χ3n) is 19.2. The molecule has 0 spiro atoms. The Kier molecular flexibility index (Phi) is 66.7. The van der Waals surface area contributed by atoms with E-state index in [0.717, 1.165) is 266 Å². The molecule has 0 heterocycles. The Bertz CT molecular complexity index is 3360. The van der Waals surface area contributed by atoms with Crippen LogP contribution < -0.4 is 0 Å². The minimum atomic E-state index is -0.543. The van der Waals surface area contributed by atoms with Crippen LogP contribution in [0.4, 0.5) is 0 Å². The van der Waals surface area contributed by atoms with Crippen LogP contribution in [0.3, 0.4) is 0 Å². The van der Waals surface area contributed by atoms with Crippen LogP contribution in [0.1, 0.15) is 253 Å². The molecule has 0 fully saturated rings. The van der Waals surface area contributed by atoms with E-state index >= 15 is 0 Å². The monoisotopic (exact) mass is 1630 g/mol. The van der Waals surface area contributed by atoms with Crippen LogP contribution in [0.15, 0.2) is 114 Å². The van der Waals surface area contributed by atoms with Crippen molar-refractivity contribution < 1.29 is 90.3 Å². The van der Waals surface area contributed by atoms with E-state index in [-0.39, 0.29) is 60.2 Å². The van der Waals surface area contributed by atoms with E-state index < -0.39 is 29.8 Å². The number of ether oxygens (including phenoxy) is 14. The summed E-state index contributed by atoms with van der Waals surface area (Å²) in [7, 11) is 10.1. The van der Waals surface area contributed by atoms with Gasteiger partial charge in [-0.25, -0.2) is 24.0 Å². The first-order valence-corrected chi connectivity index (χ1v) is 42.6. The predicted molar refractivity (Wildman–Crippen MR) is 451 cm³/mol. The molecular weight excluding hydrogens is 1490 g/mol. The van der Waals surface area contributed by atoms with Crippen LogP contribution >= 0.6 is 0 Å². The number of methoxy groups -OCH3 is 6. The van der Waals surface area contributed by atoms with Crippen molar-refractivity contribution in [2.45, 2.75) is 253 Å². The Morgan fingerprint density at radius 3 is 0.786 bits per heavy atom. The Labute approximate surface area is 701 Å². The van der Waals surface area contributed by atoms with E-state index in [4.69, 9.17) is 66.3 Å². The van der Waals surface area contributed by atoms with Crippen molar-refractivity contribution >= 4 is 29.8 Å². The molecule has 24 heteroatoms. The van der Waals surface area contributed by atoms with Crippen molar-refractivity contribution in [2.24, 2.45) is 5.92 Å². The Morgan fingerprint density at radius 1 is 0.291 bits per heavy atom. The summed E-state index contributed by atoms with van der Waals surface area (Å²) >= 11 is 0. The summed E-state index contributed by atoms with van der Waals surface area (Å²) in [6.07, 6.45) is 42.8. The Balaban J connectivity index is 0.000000732. The van der Waals surface area contributed by atoms with E-state index in [1.807, 2.05) is 88.4 Å². The summed E-state index contributed by atoms with van der Waals surface area (Å²) in [5.74, 6) is -2.32. The summed E-state index contributed by atoms with van der Waals surface area (Å²) in [6.45, 7) is 18.7. The zero-order valence-corrected chi connectivity index (χ0v) is 73.0. The fourth-order valence-electron chi connectivity index (χ4n) is 13.0. The molecule has 0 amide bonds. The minimum absolute atomic E-state index is 0.135. The van der Waals surface area contributed by atoms with Crippen molar-refractivity contribution in [1.82, 2.24) is 0 Å². The Morgan fingerprint density at radius 2 is 0.530 bits per heavy atom. The third kappa shape index (κ3) is 51.0. The summed E-state index contributed by atoms with van der Waals surface area (Å²) in [5, 5.41) is 46.6. The van der Waals surface area contributed by atoms with Gasteiger partial charge >= 0.3 is 29.8 Å². The fourth-order valence-corrected chi connectivity index (χ4v) is 13.0. The molecule has 0 bridgehead atoms. The standard InChI is InChI=1S/C20H31NO4.C19H29NO4.2C18H27NO4.C18H27NO3/c1-3-4-12-24-13-14-25-20(22)19(16-21)18-10-7-9-17(15-18)8-5-6-11-23-2;1-3-23-12-7-13-24-19(21)18(15-20)17-10-6-9-16(14-17)8-4-5-11-22-2;1-21-10-4-3-7-15-8-5-9-16(13-15)17(14-19)18(20)23-12-6-11-22-2;1-3-22-11-12-23-18(20)17(14-19)16-9-6-8-15(13-16)7-4-5-10-21-2;1-14(2)13-22-18(20)17(12-19)16-9-6-8-15(11-16)7-4-5-10-21-3/h15H,3-14H2,1-2H3;14H,3-13H2,1-2H3;2*13H,3-12H2,1-2H3;11,14H,4-10,13H2,1-3H3/b19-18-;18-17-;3*17-16-. The van der Waals surface area contributed by atoms with Crippen LogP contribution in [0.25, 0.3) is 0 Å². The number of rotatable bonds is 51. The van der Waals surface area contributed by atoms with E-state index in [2.05, 4.69) is 6.92 Å². The lowest BCUT2D eigenvalue weighted by atomic mass is 9.90. The summed E-state index contributed by atoms with van der Waals surface area (Å²) in [4.78, 5) is 60.4. The average Bonchev–Trinajstić information content (AvgIpc) is 0.884. The molecule has 24 nitrogen and oxygen atoms in total. The summed E-state index contributed by atoms with van der Waals surface area (Å²) < 4.78 is 71.7. The zero-order chi connectivity index (χ0) is 86.2. The maximum absolute atomic E-state index is 12.2. The van der Waals surface area contributed by atoms with E-state index in [1.165, 1.54) is 27.9 Å². The molecule has 0 aromatic rings. The average molecular weight is 1630 g/mol. The van der Waals surface area contributed by atoms with Crippen LogP contribution in [0, 0.1) is 62.6 Å². The first-order valence-electron chi connectivity index (χ1n) is 42.6. The molecule has 0 aromatic heterocycles. The molecule has 652 valence electrons. The van der Waals surface area contributed by atoms with Crippen molar-refractivity contribution in [3.63, 3.8) is 0 Å². The van der Waals surface area contributed by atoms with Gasteiger partial charge in [0.2, 0.25) is 0 Å². The van der Waals surface area contributed by atoms with Gasteiger partial charge in [-0.15, -0.1) is 0 Å². The van der Waals surface area contributed by atoms with Crippen LogP contribution in [0.5, 0.6) is 0 Å². The summed E-state index contributed by atoms with van der Waals surface area (Å²) in [5.41, 5.74) is 11.4. The van der Waals surface area contributed by atoms with Gasteiger partial charge in [0.25, 0.3) is 0 Å². The van der Waals surface area contributed by atoms with Gasteiger partial charge in [-0.2, -0.15) is 26.3 Å². The van der Waals surface area contributed by atoms with Gasteiger partial charge in [0.1, 0.15) is 71.4 Å². The summed E-state index contributed by atoms with van der Waals surface area (Å²) in [6, 6.07) is 10.1. The van der Waals surface area contributed by atoms with Crippen molar-refractivity contribution in [2.75, 3.05) is 155 Å². The number of carbonyl (C=O) groups excluding carboxylic acids is 5. The molecule has 0 aliphatic heterocycles. The first-order chi connectivity index (χ1) is 57.0. The SMILES string of the molecule is CCCCOCCOC(=O)/C(C#N)=C1\C=C(CCCCOC)CCC1.CCOCCCOC(=O)/C(C#N)=C1\C=C(CCCCOC)CCC1.CCOCCOC(=O)/C(C#N)=C1\C=C(CCCCOC)CCC1.COCCCCC1=C/C(=C(/C#N)C(=O)OCC(C)C)CCC1.COCCCCC1=C/C(=C(/C#N)C(=O)OCCCOC)CCC1. The normalized spacial score (nSPS) is 16.5. The zero-order valence-electron chi connectivity index (χ0n) is 73.0. The molecule has 5 aliphatic carbocycles. The lowest BCUT2D eigenvalue weighted by molar-refractivity contribution is -0.141. The number of nitriles is 5. The maximum Gasteiger partial charge on any atom is 0.349 e. The number of unbranched alkanes of at least 4 members (excludes halogenated alkanes) is 6. The molecule has 0 unspecified atom stereocenters. The molecule has 0 atom stereocenters. The molecular formula is C93H141N5O19. The second kappa shape index (κ2) is 73.0. The highest BCUT2D eigenvalue weighted by Gasteiger charge is 2.25. The Hall–Kier alpha value is -8.16. The lowest BCUT2D eigenvalue weighted by Gasteiger charge is -2.16. The number of allylic oxidation sites excluding steroid dienone is 15. The molecule has 5 aliphatic rings. The molecule has 0 aromatic carbocycles. The second-order valence-electron chi connectivity index (χ2n) is 29.2.